The molecular formula is C15H16N4O2S2. The number of carbonyl (C=O) groups is 2. The Bertz CT molecular complexity index is 716. The van der Waals surface area contributed by atoms with E-state index in [2.05, 4.69) is 9.59 Å². The van der Waals surface area contributed by atoms with Gasteiger partial charge in [-0.2, -0.15) is 11.3 Å². The molecule has 0 aliphatic carbocycles. The first kappa shape index (κ1) is 14.8. The van der Waals surface area contributed by atoms with Crippen molar-refractivity contribution in [3.63, 3.8) is 0 Å². The summed E-state index contributed by atoms with van der Waals surface area (Å²) in [5.41, 5.74) is 0.926. The monoisotopic (exact) mass is 348 g/mol. The standard InChI is InChI=1S/C15H16N4O2S2/c20-13(12-9-23-17-16-12)18-5-1-3-15(10-18)4-6-19(14(15)21)11-2-7-22-8-11/h2,7-9H,1,3-6,10H2. The van der Waals surface area contributed by atoms with Crippen molar-refractivity contribution in [2.24, 2.45) is 5.41 Å². The number of hydrogen-bond donors (Lipinski definition) is 0. The molecule has 2 amide bonds. The summed E-state index contributed by atoms with van der Waals surface area (Å²) in [6.45, 7) is 1.91. The number of nitrogens with zero attached hydrogens (tertiary/aromatic N) is 4. The third kappa shape index (κ3) is 2.46. The van der Waals surface area contributed by atoms with Crippen molar-refractivity contribution in [1.29, 1.82) is 0 Å². The number of anilines is 1. The average molecular weight is 348 g/mol. The Hall–Kier alpha value is -1.80. The van der Waals surface area contributed by atoms with Crippen molar-refractivity contribution in [3.05, 3.63) is 27.9 Å². The second kappa shape index (κ2) is 5.68. The van der Waals surface area contributed by atoms with Crippen LogP contribution in [0.4, 0.5) is 5.69 Å². The normalized spacial score (nSPS) is 24.6. The van der Waals surface area contributed by atoms with E-state index in [9.17, 15) is 9.59 Å². The minimum Gasteiger partial charge on any atom is -0.336 e. The highest BCUT2D eigenvalue weighted by Crippen LogP contribution is 2.42. The van der Waals surface area contributed by atoms with Crippen molar-refractivity contribution in [3.8, 4) is 0 Å². The van der Waals surface area contributed by atoms with Crippen LogP contribution in [0.25, 0.3) is 0 Å². The molecule has 4 rings (SSSR count). The van der Waals surface area contributed by atoms with E-state index in [0.29, 0.717) is 18.8 Å². The largest absolute Gasteiger partial charge is 0.336 e. The predicted octanol–water partition coefficient (Wildman–Crippen LogP) is 2.26. The summed E-state index contributed by atoms with van der Waals surface area (Å²) in [4.78, 5) is 29.2. The van der Waals surface area contributed by atoms with Gasteiger partial charge in [0.25, 0.3) is 5.91 Å². The van der Waals surface area contributed by atoms with Crippen LogP contribution in [0, 0.1) is 5.41 Å². The van der Waals surface area contributed by atoms with Crippen LogP contribution in [-0.2, 0) is 4.79 Å². The first-order valence-electron chi connectivity index (χ1n) is 7.60. The summed E-state index contributed by atoms with van der Waals surface area (Å²) in [5, 5.41) is 9.52. The zero-order valence-corrected chi connectivity index (χ0v) is 14.1. The molecule has 0 bridgehead atoms. The van der Waals surface area contributed by atoms with Gasteiger partial charge in [0, 0.05) is 30.4 Å². The summed E-state index contributed by atoms with van der Waals surface area (Å²) in [5.74, 6) is 0.0458. The van der Waals surface area contributed by atoms with E-state index in [1.807, 2.05) is 21.7 Å². The van der Waals surface area contributed by atoms with Gasteiger partial charge >= 0.3 is 0 Å². The van der Waals surface area contributed by atoms with Crippen LogP contribution >= 0.6 is 22.9 Å². The number of piperidine rings is 1. The number of amides is 2. The molecule has 2 aliphatic rings. The Labute approximate surface area is 141 Å². The highest BCUT2D eigenvalue weighted by Gasteiger charge is 2.50. The Morgan fingerprint density at radius 2 is 2.17 bits per heavy atom. The van der Waals surface area contributed by atoms with Crippen LogP contribution in [0.15, 0.2) is 22.2 Å². The molecule has 6 nitrogen and oxygen atoms in total. The second-order valence-electron chi connectivity index (χ2n) is 6.09. The van der Waals surface area contributed by atoms with E-state index in [0.717, 1.165) is 31.5 Å². The fraction of sp³-hybridized carbons (Fsp3) is 0.467. The Kier molecular flexibility index (Phi) is 3.65. The Morgan fingerprint density at radius 3 is 2.91 bits per heavy atom. The maximum atomic E-state index is 13.0. The number of aromatic nitrogens is 2. The van der Waals surface area contributed by atoms with E-state index >= 15 is 0 Å². The van der Waals surface area contributed by atoms with E-state index in [1.165, 1.54) is 11.5 Å². The van der Waals surface area contributed by atoms with E-state index in [1.54, 1.807) is 21.6 Å². The quantitative estimate of drug-likeness (QED) is 0.835. The fourth-order valence-corrected chi connectivity index (χ4v) is 4.65. The molecular weight excluding hydrogens is 332 g/mol. The van der Waals surface area contributed by atoms with Crippen LogP contribution in [0.1, 0.15) is 29.8 Å². The predicted molar refractivity (Wildman–Crippen MR) is 88.8 cm³/mol. The van der Waals surface area contributed by atoms with Crippen LogP contribution < -0.4 is 4.90 Å². The number of hydrogen-bond acceptors (Lipinski definition) is 6. The van der Waals surface area contributed by atoms with Gasteiger partial charge in [-0.1, -0.05) is 4.49 Å². The lowest BCUT2D eigenvalue weighted by Crippen LogP contribution is -2.50. The minimum atomic E-state index is -0.431. The zero-order valence-electron chi connectivity index (χ0n) is 12.5. The van der Waals surface area contributed by atoms with Crippen molar-refractivity contribution >= 4 is 40.4 Å². The number of likely N-dealkylation sites (tertiary alicyclic amines) is 1. The molecule has 0 aromatic carbocycles. The van der Waals surface area contributed by atoms with Gasteiger partial charge in [-0.25, -0.2) is 0 Å². The van der Waals surface area contributed by atoms with Crippen molar-refractivity contribution in [1.82, 2.24) is 14.5 Å². The summed E-state index contributed by atoms with van der Waals surface area (Å²) < 4.78 is 3.76. The molecule has 0 N–H and O–H groups in total. The molecule has 1 atom stereocenters. The maximum Gasteiger partial charge on any atom is 0.275 e. The smallest absolute Gasteiger partial charge is 0.275 e. The van der Waals surface area contributed by atoms with Gasteiger partial charge < -0.3 is 9.80 Å². The third-order valence-electron chi connectivity index (χ3n) is 4.77. The van der Waals surface area contributed by atoms with Gasteiger partial charge in [-0.15, -0.1) is 5.10 Å². The van der Waals surface area contributed by atoms with Crippen molar-refractivity contribution in [2.75, 3.05) is 24.5 Å². The molecule has 0 saturated carbocycles. The van der Waals surface area contributed by atoms with E-state index < -0.39 is 5.41 Å². The zero-order chi connectivity index (χ0) is 15.9. The fourth-order valence-electron chi connectivity index (χ4n) is 3.58. The summed E-state index contributed by atoms with van der Waals surface area (Å²) in [6, 6.07) is 1.98. The molecule has 1 spiro atoms. The molecule has 0 radical (unpaired) electrons. The highest BCUT2D eigenvalue weighted by molar-refractivity contribution is 7.08. The molecule has 1 unspecified atom stereocenters. The third-order valence-corrected chi connectivity index (χ3v) is 5.95. The molecule has 2 fully saturated rings. The lowest BCUT2D eigenvalue weighted by Gasteiger charge is -2.38. The highest BCUT2D eigenvalue weighted by atomic mass is 32.1. The van der Waals surface area contributed by atoms with Crippen LogP contribution in [0.3, 0.4) is 0 Å². The van der Waals surface area contributed by atoms with Gasteiger partial charge in [0.05, 0.1) is 11.1 Å². The average Bonchev–Trinajstić information content (AvgIpc) is 3.31. The SMILES string of the molecule is O=C(c1csnn1)N1CCCC2(CCN(c3ccsc3)C2=O)C1. The lowest BCUT2D eigenvalue weighted by molar-refractivity contribution is -0.127. The molecule has 120 valence electrons. The number of carbonyl (C=O) groups excluding carboxylic acids is 2. The summed E-state index contributed by atoms with van der Waals surface area (Å²) in [7, 11) is 0. The van der Waals surface area contributed by atoms with Gasteiger partial charge in [-0.05, 0) is 42.2 Å². The van der Waals surface area contributed by atoms with E-state index in [4.69, 9.17) is 0 Å². The minimum absolute atomic E-state index is 0.111. The summed E-state index contributed by atoms with van der Waals surface area (Å²) >= 11 is 2.77. The van der Waals surface area contributed by atoms with Crippen LogP contribution in [0.2, 0.25) is 0 Å². The van der Waals surface area contributed by atoms with Crippen molar-refractivity contribution in [2.45, 2.75) is 19.3 Å². The lowest BCUT2D eigenvalue weighted by atomic mass is 9.78. The topological polar surface area (TPSA) is 66.4 Å². The van der Waals surface area contributed by atoms with Crippen LogP contribution in [0.5, 0.6) is 0 Å². The first-order valence-corrected chi connectivity index (χ1v) is 9.38. The van der Waals surface area contributed by atoms with Crippen LogP contribution in [-0.4, -0.2) is 45.9 Å². The molecule has 2 aromatic heterocycles. The molecule has 2 saturated heterocycles. The first-order chi connectivity index (χ1) is 11.2. The Morgan fingerprint density at radius 1 is 1.26 bits per heavy atom. The van der Waals surface area contributed by atoms with Gasteiger partial charge in [0.15, 0.2) is 5.69 Å². The number of thiophene rings is 1. The second-order valence-corrected chi connectivity index (χ2v) is 7.48. The molecule has 4 heterocycles. The van der Waals surface area contributed by atoms with Gasteiger partial charge in [0.2, 0.25) is 5.91 Å². The molecule has 2 aromatic rings. The Balaban J connectivity index is 1.55. The van der Waals surface area contributed by atoms with Gasteiger partial charge in [0.1, 0.15) is 0 Å². The maximum absolute atomic E-state index is 13.0. The molecule has 2 aliphatic heterocycles. The van der Waals surface area contributed by atoms with Gasteiger partial charge in [-0.3, -0.25) is 9.59 Å². The molecule has 8 heteroatoms. The number of rotatable bonds is 2. The van der Waals surface area contributed by atoms with E-state index in [-0.39, 0.29) is 11.8 Å². The molecule has 23 heavy (non-hydrogen) atoms. The summed E-state index contributed by atoms with van der Waals surface area (Å²) in [6.07, 6.45) is 2.51. The van der Waals surface area contributed by atoms with Crippen molar-refractivity contribution < 1.29 is 9.59 Å².